The normalized spacial score (nSPS) is 35.4. The van der Waals surface area contributed by atoms with E-state index in [9.17, 15) is 0 Å². The molecule has 0 aromatic rings. The number of nitrogens with one attached hydrogen (secondary N) is 1. The molecule has 0 amide bonds. The summed E-state index contributed by atoms with van der Waals surface area (Å²) in [5.41, 5.74) is 0. The Morgan fingerprint density at radius 2 is 2.40 bits per heavy atom. The third-order valence-corrected chi connectivity index (χ3v) is 1.98. The average Bonchev–Trinajstić information content (AvgIpc) is 2.13. The first-order valence-corrected chi connectivity index (χ1v) is 4.19. The highest BCUT2D eigenvalue weighted by Gasteiger charge is 2.14. The molecule has 1 saturated heterocycles. The van der Waals surface area contributed by atoms with Crippen LogP contribution in [-0.4, -0.2) is 25.3 Å². The van der Waals surface area contributed by atoms with Crippen LogP contribution in [0.3, 0.4) is 0 Å². The van der Waals surface area contributed by atoms with Gasteiger partial charge in [-0.25, -0.2) is 0 Å². The van der Waals surface area contributed by atoms with Crippen LogP contribution in [0, 0.1) is 0 Å². The van der Waals surface area contributed by atoms with Gasteiger partial charge in [0.1, 0.15) is 0 Å². The van der Waals surface area contributed by atoms with Crippen molar-refractivity contribution in [3.8, 4) is 0 Å². The molecule has 0 aliphatic carbocycles. The molecule has 0 aromatic carbocycles. The van der Waals surface area contributed by atoms with Crippen LogP contribution in [0.5, 0.6) is 0 Å². The van der Waals surface area contributed by atoms with Crippen molar-refractivity contribution >= 4 is 0 Å². The number of rotatable bonds is 1. The molecule has 2 atom stereocenters. The van der Waals surface area contributed by atoms with Crippen LogP contribution in [0.4, 0.5) is 0 Å². The Hall–Kier alpha value is -0.0800. The summed E-state index contributed by atoms with van der Waals surface area (Å²) in [7, 11) is 0. The molecule has 2 heteroatoms. The average molecular weight is 143 g/mol. The zero-order chi connectivity index (χ0) is 7.40. The summed E-state index contributed by atoms with van der Waals surface area (Å²) in [5, 5.41) is 3.35. The zero-order valence-corrected chi connectivity index (χ0v) is 6.89. The van der Waals surface area contributed by atoms with Crippen molar-refractivity contribution in [2.24, 2.45) is 0 Å². The minimum Gasteiger partial charge on any atom is -0.374 e. The molecule has 0 unspecified atom stereocenters. The molecule has 1 aliphatic rings. The monoisotopic (exact) mass is 143 g/mol. The Labute approximate surface area is 63.0 Å². The fraction of sp³-hybridized carbons (Fsp3) is 1.00. The molecule has 0 radical (unpaired) electrons. The maximum atomic E-state index is 5.70. The number of hydrogen-bond donors (Lipinski definition) is 1. The van der Waals surface area contributed by atoms with Crippen LogP contribution in [0.15, 0.2) is 0 Å². The fourth-order valence-corrected chi connectivity index (χ4v) is 1.25. The summed E-state index contributed by atoms with van der Waals surface area (Å²) < 4.78 is 5.70. The van der Waals surface area contributed by atoms with Gasteiger partial charge in [-0.15, -0.1) is 0 Å². The Morgan fingerprint density at radius 1 is 1.60 bits per heavy atom. The van der Waals surface area contributed by atoms with Gasteiger partial charge in [-0.1, -0.05) is 6.92 Å². The summed E-state index contributed by atoms with van der Waals surface area (Å²) in [5.74, 6) is 0. The van der Waals surface area contributed by atoms with Crippen LogP contribution in [0.1, 0.15) is 26.7 Å². The molecule has 1 rings (SSSR count). The molecule has 0 bridgehead atoms. The lowest BCUT2D eigenvalue weighted by atomic mass is 10.3. The molecule has 60 valence electrons. The SMILES string of the molecule is CC[C@@H]1CNCC[C@@H](C)O1. The molecule has 2 nitrogen and oxygen atoms in total. The van der Waals surface area contributed by atoms with E-state index in [-0.39, 0.29) is 0 Å². The molecule has 1 N–H and O–H groups in total. The standard InChI is InChI=1S/C8H17NO/c1-3-8-6-9-5-4-7(2)10-8/h7-9H,3-6H2,1-2H3/t7-,8-/m1/s1. The van der Waals surface area contributed by atoms with Gasteiger partial charge in [0, 0.05) is 6.54 Å². The van der Waals surface area contributed by atoms with Gasteiger partial charge in [0.15, 0.2) is 0 Å². The predicted octanol–water partition coefficient (Wildman–Crippen LogP) is 1.16. The van der Waals surface area contributed by atoms with E-state index in [0.717, 1.165) is 25.9 Å². The van der Waals surface area contributed by atoms with E-state index >= 15 is 0 Å². The van der Waals surface area contributed by atoms with Gasteiger partial charge in [-0.2, -0.15) is 0 Å². The quantitative estimate of drug-likeness (QED) is 0.595. The van der Waals surface area contributed by atoms with Crippen LogP contribution < -0.4 is 5.32 Å². The Balaban J connectivity index is 2.30. The third-order valence-electron chi connectivity index (χ3n) is 1.98. The summed E-state index contributed by atoms with van der Waals surface area (Å²) in [6.45, 7) is 6.46. The molecular formula is C8H17NO. The van der Waals surface area contributed by atoms with E-state index in [1.54, 1.807) is 0 Å². The van der Waals surface area contributed by atoms with E-state index in [2.05, 4.69) is 19.2 Å². The first kappa shape index (κ1) is 8.02. The van der Waals surface area contributed by atoms with E-state index in [1.165, 1.54) is 0 Å². The molecule has 1 heterocycles. The highest BCUT2D eigenvalue weighted by atomic mass is 16.5. The largest absolute Gasteiger partial charge is 0.374 e. The lowest BCUT2D eigenvalue weighted by Gasteiger charge is -2.15. The van der Waals surface area contributed by atoms with Gasteiger partial charge >= 0.3 is 0 Å². The second kappa shape index (κ2) is 3.94. The maximum Gasteiger partial charge on any atom is 0.0700 e. The van der Waals surface area contributed by atoms with Crippen LogP contribution in [-0.2, 0) is 4.74 Å². The number of ether oxygens (including phenoxy) is 1. The highest BCUT2D eigenvalue weighted by Crippen LogP contribution is 2.07. The van der Waals surface area contributed by atoms with E-state index < -0.39 is 0 Å². The molecule has 1 fully saturated rings. The van der Waals surface area contributed by atoms with Gasteiger partial charge < -0.3 is 10.1 Å². The molecule has 0 spiro atoms. The Kier molecular flexibility index (Phi) is 3.16. The van der Waals surface area contributed by atoms with Gasteiger partial charge in [0.25, 0.3) is 0 Å². The van der Waals surface area contributed by atoms with E-state index in [4.69, 9.17) is 4.74 Å². The zero-order valence-electron chi connectivity index (χ0n) is 6.89. The van der Waals surface area contributed by atoms with Crippen molar-refractivity contribution in [2.75, 3.05) is 13.1 Å². The summed E-state index contributed by atoms with van der Waals surface area (Å²) in [4.78, 5) is 0. The molecule has 1 aliphatic heterocycles. The molecular weight excluding hydrogens is 126 g/mol. The fourth-order valence-electron chi connectivity index (χ4n) is 1.25. The first-order valence-electron chi connectivity index (χ1n) is 4.19. The van der Waals surface area contributed by atoms with Crippen molar-refractivity contribution in [1.29, 1.82) is 0 Å². The lowest BCUT2D eigenvalue weighted by molar-refractivity contribution is 0.00777. The minimum absolute atomic E-state index is 0.442. The Bertz CT molecular complexity index is 95.3. The van der Waals surface area contributed by atoms with Gasteiger partial charge in [-0.05, 0) is 26.3 Å². The van der Waals surface area contributed by atoms with Gasteiger partial charge in [-0.3, -0.25) is 0 Å². The van der Waals surface area contributed by atoms with Crippen molar-refractivity contribution < 1.29 is 4.74 Å². The smallest absolute Gasteiger partial charge is 0.0700 e. The first-order chi connectivity index (χ1) is 4.83. The van der Waals surface area contributed by atoms with E-state index in [0.29, 0.717) is 12.2 Å². The summed E-state index contributed by atoms with van der Waals surface area (Å²) >= 11 is 0. The maximum absolute atomic E-state index is 5.70. The highest BCUT2D eigenvalue weighted by molar-refractivity contribution is 4.67. The topological polar surface area (TPSA) is 21.3 Å². The summed E-state index contributed by atoms with van der Waals surface area (Å²) in [6.07, 6.45) is 3.16. The molecule has 0 saturated carbocycles. The van der Waals surface area contributed by atoms with Crippen molar-refractivity contribution in [3.63, 3.8) is 0 Å². The second-order valence-corrected chi connectivity index (χ2v) is 2.97. The van der Waals surface area contributed by atoms with Gasteiger partial charge in [0.2, 0.25) is 0 Å². The van der Waals surface area contributed by atoms with Crippen LogP contribution >= 0.6 is 0 Å². The minimum atomic E-state index is 0.442. The molecule has 0 aromatic heterocycles. The Morgan fingerprint density at radius 3 is 3.10 bits per heavy atom. The number of hydrogen-bond acceptors (Lipinski definition) is 2. The van der Waals surface area contributed by atoms with Crippen LogP contribution in [0.25, 0.3) is 0 Å². The van der Waals surface area contributed by atoms with Crippen molar-refractivity contribution in [3.05, 3.63) is 0 Å². The third kappa shape index (κ3) is 2.27. The van der Waals surface area contributed by atoms with Crippen LogP contribution in [0.2, 0.25) is 0 Å². The molecule has 10 heavy (non-hydrogen) atoms. The van der Waals surface area contributed by atoms with Gasteiger partial charge in [0.05, 0.1) is 12.2 Å². The van der Waals surface area contributed by atoms with E-state index in [1.807, 2.05) is 0 Å². The lowest BCUT2D eigenvalue weighted by Crippen LogP contribution is -2.25. The van der Waals surface area contributed by atoms with Crippen molar-refractivity contribution in [2.45, 2.75) is 38.9 Å². The predicted molar refractivity (Wildman–Crippen MR) is 42.1 cm³/mol. The van der Waals surface area contributed by atoms with Crippen molar-refractivity contribution in [1.82, 2.24) is 5.32 Å². The second-order valence-electron chi connectivity index (χ2n) is 2.97. The summed E-state index contributed by atoms with van der Waals surface area (Å²) in [6, 6.07) is 0.